The third-order valence-electron chi connectivity index (χ3n) is 6.12. The molecule has 0 bridgehead atoms. The fourth-order valence-corrected chi connectivity index (χ4v) is 4.43. The van der Waals surface area contributed by atoms with Crippen molar-refractivity contribution in [2.75, 3.05) is 13.2 Å². The van der Waals surface area contributed by atoms with Gasteiger partial charge in [-0.05, 0) is 46.9 Å². The Morgan fingerprint density at radius 2 is 1.56 bits per heavy atom. The largest absolute Gasteiger partial charge is 0.480 e. The van der Waals surface area contributed by atoms with Gasteiger partial charge < -0.3 is 20.5 Å². The summed E-state index contributed by atoms with van der Waals surface area (Å²) < 4.78 is 5.52. The molecule has 7 heteroatoms. The Morgan fingerprint density at radius 1 is 0.971 bits per heavy atom. The molecule has 0 aromatic heterocycles. The molecule has 0 radical (unpaired) electrons. The fraction of sp³-hybridized carbons (Fsp3) is 0.444. The number of rotatable bonds is 11. The maximum absolute atomic E-state index is 12.3. The van der Waals surface area contributed by atoms with Gasteiger partial charge in [0.1, 0.15) is 12.6 Å². The molecule has 1 aliphatic rings. The first-order valence-electron chi connectivity index (χ1n) is 11.9. The zero-order valence-corrected chi connectivity index (χ0v) is 20.0. The number of carboxylic acids is 1. The van der Waals surface area contributed by atoms with Crippen LogP contribution in [0.1, 0.15) is 57.1 Å². The van der Waals surface area contributed by atoms with Crippen LogP contribution in [0.3, 0.4) is 0 Å². The molecule has 2 atom stereocenters. The van der Waals surface area contributed by atoms with Crippen molar-refractivity contribution in [1.82, 2.24) is 10.6 Å². The second-order valence-electron chi connectivity index (χ2n) is 9.44. The highest BCUT2D eigenvalue weighted by Crippen LogP contribution is 2.44. The molecule has 3 N–H and O–H groups in total. The van der Waals surface area contributed by atoms with E-state index >= 15 is 0 Å². The number of fused-ring (bicyclic) bond motifs is 3. The summed E-state index contributed by atoms with van der Waals surface area (Å²) in [6.45, 7) is 6.36. The van der Waals surface area contributed by atoms with E-state index in [1.54, 1.807) is 0 Å². The molecular weight excluding hydrogens is 432 g/mol. The zero-order valence-electron chi connectivity index (χ0n) is 20.0. The van der Waals surface area contributed by atoms with Gasteiger partial charge in [0.15, 0.2) is 0 Å². The van der Waals surface area contributed by atoms with E-state index in [1.807, 2.05) is 45.0 Å². The first-order chi connectivity index (χ1) is 16.3. The first-order valence-corrected chi connectivity index (χ1v) is 11.9. The lowest BCUT2D eigenvalue weighted by Crippen LogP contribution is -2.42. The van der Waals surface area contributed by atoms with E-state index in [0.29, 0.717) is 19.4 Å². The topological polar surface area (TPSA) is 105 Å². The number of aliphatic carboxylic acids is 1. The number of ether oxygens (including phenoxy) is 1. The Hall–Kier alpha value is -3.35. The molecule has 2 amide bonds. The molecule has 1 aliphatic carbocycles. The summed E-state index contributed by atoms with van der Waals surface area (Å²) in [5, 5.41) is 14.6. The van der Waals surface area contributed by atoms with Gasteiger partial charge in [-0.25, -0.2) is 9.59 Å². The molecule has 34 heavy (non-hydrogen) atoms. The summed E-state index contributed by atoms with van der Waals surface area (Å²) in [5.74, 6) is -1.15. The Morgan fingerprint density at radius 3 is 2.12 bits per heavy atom. The highest BCUT2D eigenvalue weighted by molar-refractivity contribution is 5.83. The normalized spacial score (nSPS) is 14.1. The molecule has 0 saturated carbocycles. The average molecular weight is 467 g/mol. The summed E-state index contributed by atoms with van der Waals surface area (Å²) in [5.41, 5.74) is 4.68. The molecule has 2 aromatic carbocycles. The van der Waals surface area contributed by atoms with Gasteiger partial charge in [-0.2, -0.15) is 0 Å². The lowest BCUT2D eigenvalue weighted by atomic mass is 9.98. The molecule has 1 unspecified atom stereocenters. The van der Waals surface area contributed by atoms with Crippen molar-refractivity contribution >= 4 is 18.0 Å². The minimum absolute atomic E-state index is 0.00814. The van der Waals surface area contributed by atoms with Crippen LogP contribution in [0.4, 0.5) is 4.79 Å². The van der Waals surface area contributed by atoms with Crippen molar-refractivity contribution in [3.8, 4) is 11.1 Å². The lowest BCUT2D eigenvalue weighted by Gasteiger charge is -2.18. The molecule has 7 nitrogen and oxygen atoms in total. The highest BCUT2D eigenvalue weighted by atomic mass is 16.5. The Labute approximate surface area is 200 Å². The van der Waals surface area contributed by atoms with Crippen LogP contribution in [0.15, 0.2) is 48.5 Å². The summed E-state index contributed by atoms with van der Waals surface area (Å²) in [6, 6.07) is 15.5. The molecule has 2 aromatic rings. The van der Waals surface area contributed by atoms with Gasteiger partial charge in [0.05, 0.1) is 0 Å². The Bertz CT molecular complexity index is 974. The van der Waals surface area contributed by atoms with Gasteiger partial charge in [-0.1, -0.05) is 69.3 Å². The van der Waals surface area contributed by atoms with E-state index in [-0.39, 0.29) is 36.7 Å². The van der Waals surface area contributed by atoms with Crippen molar-refractivity contribution in [2.24, 2.45) is 11.8 Å². The third-order valence-corrected chi connectivity index (χ3v) is 6.12. The number of hydrogen-bond acceptors (Lipinski definition) is 4. The molecule has 3 rings (SSSR count). The summed E-state index contributed by atoms with van der Waals surface area (Å²) >= 11 is 0. The van der Waals surface area contributed by atoms with Crippen LogP contribution < -0.4 is 10.6 Å². The molecule has 0 spiro atoms. The molecular formula is C27H34N2O5. The SMILES string of the molecule is CC(C)C[C@H](NC(=O)CC(C)CCNC(=O)OCC1c2ccccc2-c2ccccc21)C(=O)O. The number of benzene rings is 2. The summed E-state index contributed by atoms with van der Waals surface area (Å²) in [6.07, 6.45) is 0.688. The lowest BCUT2D eigenvalue weighted by molar-refractivity contribution is -0.142. The summed E-state index contributed by atoms with van der Waals surface area (Å²) in [4.78, 5) is 35.8. The number of carbonyl (C=O) groups is 3. The quantitative estimate of drug-likeness (QED) is 0.450. The van der Waals surface area contributed by atoms with E-state index in [4.69, 9.17) is 4.74 Å². The number of carboxylic acid groups (broad SMARTS) is 1. The van der Waals surface area contributed by atoms with Crippen molar-refractivity contribution in [3.05, 3.63) is 59.7 Å². The van der Waals surface area contributed by atoms with E-state index in [1.165, 1.54) is 11.1 Å². The predicted octanol–water partition coefficient (Wildman–Crippen LogP) is 4.56. The van der Waals surface area contributed by atoms with Crippen LogP contribution in [0.25, 0.3) is 11.1 Å². The van der Waals surface area contributed by atoms with Crippen molar-refractivity contribution in [3.63, 3.8) is 0 Å². The number of nitrogens with one attached hydrogen (secondary N) is 2. The molecule has 182 valence electrons. The van der Waals surface area contributed by atoms with Crippen LogP contribution in [0.5, 0.6) is 0 Å². The van der Waals surface area contributed by atoms with E-state index in [9.17, 15) is 19.5 Å². The van der Waals surface area contributed by atoms with Crippen molar-refractivity contribution < 1.29 is 24.2 Å². The monoisotopic (exact) mass is 466 g/mol. The second-order valence-corrected chi connectivity index (χ2v) is 9.44. The number of hydrogen-bond donors (Lipinski definition) is 3. The highest BCUT2D eigenvalue weighted by Gasteiger charge is 2.29. The van der Waals surface area contributed by atoms with Crippen LogP contribution in [-0.4, -0.2) is 42.3 Å². The zero-order chi connectivity index (χ0) is 24.7. The molecule has 0 heterocycles. The van der Waals surface area contributed by atoms with Crippen LogP contribution in [-0.2, 0) is 14.3 Å². The number of amides is 2. The summed E-state index contributed by atoms with van der Waals surface area (Å²) in [7, 11) is 0. The maximum Gasteiger partial charge on any atom is 0.407 e. The van der Waals surface area contributed by atoms with Gasteiger partial charge in [0.2, 0.25) is 5.91 Å². The van der Waals surface area contributed by atoms with Crippen molar-refractivity contribution in [2.45, 2.75) is 52.0 Å². The molecule has 0 saturated heterocycles. The molecule has 0 aliphatic heterocycles. The predicted molar refractivity (Wildman–Crippen MR) is 130 cm³/mol. The van der Waals surface area contributed by atoms with Gasteiger partial charge in [0.25, 0.3) is 0 Å². The van der Waals surface area contributed by atoms with E-state index in [2.05, 4.69) is 34.9 Å². The standard InChI is InChI=1S/C27H34N2O5/c1-17(2)14-24(26(31)32)29-25(30)15-18(3)12-13-28-27(33)34-16-23-21-10-6-4-8-19(21)20-9-5-7-11-22(20)23/h4-11,17-18,23-24H,12-16H2,1-3H3,(H,28,33)(H,29,30)(H,31,32)/t18?,24-/m0/s1. The Balaban J connectivity index is 1.41. The third kappa shape index (κ3) is 6.59. The number of alkyl carbamates (subject to hydrolysis) is 1. The van der Waals surface area contributed by atoms with Gasteiger partial charge in [0, 0.05) is 18.9 Å². The van der Waals surface area contributed by atoms with Gasteiger partial charge >= 0.3 is 12.1 Å². The van der Waals surface area contributed by atoms with Crippen LogP contribution in [0, 0.1) is 11.8 Å². The van der Waals surface area contributed by atoms with E-state index < -0.39 is 18.1 Å². The van der Waals surface area contributed by atoms with Crippen molar-refractivity contribution in [1.29, 1.82) is 0 Å². The molecule has 0 fully saturated rings. The first kappa shape index (κ1) is 25.3. The smallest absolute Gasteiger partial charge is 0.407 e. The minimum Gasteiger partial charge on any atom is -0.480 e. The Kier molecular flexibility index (Phi) is 8.68. The minimum atomic E-state index is -1.02. The number of carbonyl (C=O) groups excluding carboxylic acids is 2. The average Bonchev–Trinajstić information content (AvgIpc) is 3.10. The van der Waals surface area contributed by atoms with Gasteiger partial charge in [-0.15, -0.1) is 0 Å². The van der Waals surface area contributed by atoms with E-state index in [0.717, 1.165) is 11.1 Å². The van der Waals surface area contributed by atoms with Crippen LogP contribution >= 0.6 is 0 Å². The van der Waals surface area contributed by atoms with Gasteiger partial charge in [-0.3, -0.25) is 4.79 Å². The maximum atomic E-state index is 12.3. The fourth-order valence-electron chi connectivity index (χ4n) is 4.43. The second kappa shape index (κ2) is 11.7. The van der Waals surface area contributed by atoms with Crippen LogP contribution in [0.2, 0.25) is 0 Å².